The highest BCUT2D eigenvalue weighted by atomic mass is 32.2. The predicted octanol–water partition coefficient (Wildman–Crippen LogP) is 0.723. The van der Waals surface area contributed by atoms with Crippen LogP contribution in [0.25, 0.3) is 0 Å². The maximum atomic E-state index is 11.2. The summed E-state index contributed by atoms with van der Waals surface area (Å²) < 4.78 is 11.2. The van der Waals surface area contributed by atoms with E-state index in [4.69, 9.17) is 0 Å². The van der Waals surface area contributed by atoms with Crippen molar-refractivity contribution in [3.8, 4) is 6.07 Å². The second-order valence-corrected chi connectivity index (χ2v) is 6.29. The first kappa shape index (κ1) is 14.6. The number of nitriles is 1. The van der Waals surface area contributed by atoms with E-state index < -0.39 is 10.8 Å². The molecule has 98 valence electrons. The maximum Gasteiger partial charge on any atom is 0.106 e. The summed E-state index contributed by atoms with van der Waals surface area (Å²) in [6, 6.07) is 2.38. The molecule has 0 spiro atoms. The zero-order valence-corrected chi connectivity index (χ0v) is 11.7. The summed E-state index contributed by atoms with van der Waals surface area (Å²) in [4.78, 5) is 2.36. The van der Waals surface area contributed by atoms with Crippen LogP contribution in [-0.2, 0) is 10.8 Å². The lowest BCUT2D eigenvalue weighted by Crippen LogP contribution is -2.43. The molecule has 4 nitrogen and oxygen atoms in total. The van der Waals surface area contributed by atoms with Crippen LogP contribution in [0.1, 0.15) is 26.2 Å². The van der Waals surface area contributed by atoms with Gasteiger partial charge < -0.3 is 10.2 Å². The van der Waals surface area contributed by atoms with Crippen molar-refractivity contribution in [1.29, 1.82) is 5.26 Å². The van der Waals surface area contributed by atoms with Gasteiger partial charge in [0.15, 0.2) is 0 Å². The van der Waals surface area contributed by atoms with Gasteiger partial charge in [-0.25, -0.2) is 0 Å². The normalized spacial score (nSPS) is 21.9. The molecule has 5 heteroatoms. The Morgan fingerprint density at radius 3 is 2.59 bits per heavy atom. The molecular weight excluding hydrogens is 234 g/mol. The minimum atomic E-state index is -0.595. The molecular formula is C12H23N3OS. The average Bonchev–Trinajstić information content (AvgIpc) is 2.38. The quantitative estimate of drug-likeness (QED) is 0.762. The Kier molecular flexibility index (Phi) is 6.10. The maximum absolute atomic E-state index is 11.2. The van der Waals surface area contributed by atoms with E-state index in [2.05, 4.69) is 16.3 Å². The zero-order chi connectivity index (χ0) is 12.7. The molecule has 1 aliphatic rings. The van der Waals surface area contributed by atoms with Crippen molar-refractivity contribution in [3.05, 3.63) is 0 Å². The fourth-order valence-electron chi connectivity index (χ4n) is 2.17. The third-order valence-electron chi connectivity index (χ3n) is 3.64. The van der Waals surface area contributed by atoms with Crippen LogP contribution in [0.15, 0.2) is 0 Å². The first-order valence-electron chi connectivity index (χ1n) is 6.33. The van der Waals surface area contributed by atoms with Crippen LogP contribution in [0, 0.1) is 11.3 Å². The highest BCUT2D eigenvalue weighted by Crippen LogP contribution is 2.16. The molecule has 1 fully saturated rings. The summed E-state index contributed by atoms with van der Waals surface area (Å²) >= 11 is 0. The van der Waals surface area contributed by atoms with Gasteiger partial charge in [0.1, 0.15) is 5.54 Å². The summed E-state index contributed by atoms with van der Waals surface area (Å²) in [6.07, 6.45) is 2.75. The Balaban J connectivity index is 2.27. The Labute approximate surface area is 107 Å². The molecule has 0 saturated carbocycles. The number of nitrogens with zero attached hydrogens (tertiary/aromatic N) is 2. The van der Waals surface area contributed by atoms with Crippen molar-refractivity contribution in [1.82, 2.24) is 10.2 Å². The Hall–Kier alpha value is -0.440. The number of hydrogen-bond acceptors (Lipinski definition) is 4. The molecule has 1 unspecified atom stereocenters. The van der Waals surface area contributed by atoms with Gasteiger partial charge in [0.2, 0.25) is 0 Å². The van der Waals surface area contributed by atoms with Crippen molar-refractivity contribution < 1.29 is 4.21 Å². The van der Waals surface area contributed by atoms with Crippen molar-refractivity contribution in [2.75, 3.05) is 38.2 Å². The molecule has 1 heterocycles. The second kappa shape index (κ2) is 7.10. The molecule has 0 aromatic heterocycles. The molecule has 1 rings (SSSR count). The van der Waals surface area contributed by atoms with Crippen molar-refractivity contribution in [3.63, 3.8) is 0 Å². The van der Waals surface area contributed by atoms with Gasteiger partial charge in [-0.3, -0.25) is 4.21 Å². The average molecular weight is 257 g/mol. The van der Waals surface area contributed by atoms with Gasteiger partial charge in [-0.15, -0.1) is 0 Å². The molecule has 0 aromatic carbocycles. The predicted molar refractivity (Wildman–Crippen MR) is 71.2 cm³/mol. The molecule has 17 heavy (non-hydrogen) atoms. The van der Waals surface area contributed by atoms with Crippen LogP contribution in [0.5, 0.6) is 0 Å². The van der Waals surface area contributed by atoms with Gasteiger partial charge in [0, 0.05) is 35.4 Å². The van der Waals surface area contributed by atoms with Gasteiger partial charge in [0.05, 0.1) is 6.07 Å². The van der Waals surface area contributed by atoms with Gasteiger partial charge in [-0.2, -0.15) is 5.26 Å². The Bertz CT molecular complexity index is 287. The van der Waals surface area contributed by atoms with E-state index in [1.807, 2.05) is 14.0 Å². The van der Waals surface area contributed by atoms with E-state index in [1.54, 1.807) is 0 Å². The molecule has 0 aromatic rings. The molecule has 1 N–H and O–H groups in total. The monoisotopic (exact) mass is 257 g/mol. The second-order valence-electron chi connectivity index (χ2n) is 4.59. The molecule has 1 saturated heterocycles. The first-order chi connectivity index (χ1) is 8.15. The zero-order valence-electron chi connectivity index (χ0n) is 10.9. The third-order valence-corrected chi connectivity index (χ3v) is 4.92. The van der Waals surface area contributed by atoms with E-state index in [-0.39, 0.29) is 5.54 Å². The fourth-order valence-corrected chi connectivity index (χ4v) is 3.30. The van der Waals surface area contributed by atoms with Crippen LogP contribution in [0.2, 0.25) is 0 Å². The van der Waals surface area contributed by atoms with Gasteiger partial charge in [0.25, 0.3) is 0 Å². The summed E-state index contributed by atoms with van der Waals surface area (Å²) in [5, 5.41) is 12.3. The van der Waals surface area contributed by atoms with Crippen LogP contribution in [-0.4, -0.2) is 52.8 Å². The smallest absolute Gasteiger partial charge is 0.106 e. The highest BCUT2D eigenvalue weighted by Gasteiger charge is 2.25. The molecule has 0 aliphatic carbocycles. The number of nitrogens with one attached hydrogen (secondary N) is 1. The third kappa shape index (κ3) is 4.38. The fraction of sp³-hybridized carbons (Fsp3) is 0.917. The molecule has 0 bridgehead atoms. The van der Waals surface area contributed by atoms with Crippen molar-refractivity contribution in [2.24, 2.45) is 0 Å². The lowest BCUT2D eigenvalue weighted by atomic mass is 9.92. The Morgan fingerprint density at radius 2 is 2.12 bits per heavy atom. The van der Waals surface area contributed by atoms with E-state index >= 15 is 0 Å². The van der Waals surface area contributed by atoms with Crippen LogP contribution < -0.4 is 5.32 Å². The highest BCUT2D eigenvalue weighted by molar-refractivity contribution is 7.85. The standard InChI is InChI=1S/C12H23N3OS/c1-3-12(11-13,14-2)5-4-6-15-7-9-17(16)10-8-15/h14H,3-10H2,1-2H3. The Morgan fingerprint density at radius 1 is 1.47 bits per heavy atom. The molecule has 0 radical (unpaired) electrons. The largest absolute Gasteiger partial charge is 0.302 e. The summed E-state index contributed by atoms with van der Waals surface area (Å²) in [6.45, 7) is 4.95. The minimum absolute atomic E-state index is 0.362. The first-order valence-corrected chi connectivity index (χ1v) is 7.82. The van der Waals surface area contributed by atoms with Crippen molar-refractivity contribution in [2.45, 2.75) is 31.7 Å². The lowest BCUT2D eigenvalue weighted by molar-refractivity contribution is 0.275. The van der Waals surface area contributed by atoms with Gasteiger partial charge in [-0.05, 0) is 32.9 Å². The molecule has 1 atom stereocenters. The number of rotatable bonds is 6. The van der Waals surface area contributed by atoms with E-state index in [0.29, 0.717) is 0 Å². The van der Waals surface area contributed by atoms with Crippen LogP contribution in [0.3, 0.4) is 0 Å². The molecule has 0 amide bonds. The van der Waals surface area contributed by atoms with Crippen LogP contribution in [0.4, 0.5) is 0 Å². The minimum Gasteiger partial charge on any atom is -0.302 e. The van der Waals surface area contributed by atoms with E-state index in [0.717, 1.165) is 50.4 Å². The van der Waals surface area contributed by atoms with Crippen LogP contribution >= 0.6 is 0 Å². The lowest BCUT2D eigenvalue weighted by Gasteiger charge is -2.29. The van der Waals surface area contributed by atoms with Gasteiger partial charge in [-0.1, -0.05) is 6.92 Å². The van der Waals surface area contributed by atoms with E-state index in [9.17, 15) is 9.47 Å². The van der Waals surface area contributed by atoms with Gasteiger partial charge >= 0.3 is 0 Å². The summed E-state index contributed by atoms with van der Waals surface area (Å²) in [5.74, 6) is 1.62. The summed E-state index contributed by atoms with van der Waals surface area (Å²) in [7, 11) is 1.26. The van der Waals surface area contributed by atoms with Crippen molar-refractivity contribution >= 4 is 10.8 Å². The summed E-state index contributed by atoms with van der Waals surface area (Å²) in [5.41, 5.74) is -0.362. The van der Waals surface area contributed by atoms with E-state index in [1.165, 1.54) is 0 Å². The number of hydrogen-bond donors (Lipinski definition) is 1. The topological polar surface area (TPSA) is 56.1 Å². The SMILES string of the molecule is CCC(C#N)(CCCN1CCS(=O)CC1)NC. The molecule has 1 aliphatic heterocycles.